The van der Waals surface area contributed by atoms with Crippen molar-refractivity contribution >= 4 is 27.8 Å². The van der Waals surface area contributed by atoms with Gasteiger partial charge in [0.15, 0.2) is 0 Å². The Hall–Kier alpha value is -0.620. The first-order valence-electron chi connectivity index (χ1n) is 3.96. The molecular formula is C7H11BrN2O3. The van der Waals surface area contributed by atoms with Crippen molar-refractivity contribution in [3.8, 4) is 0 Å². The van der Waals surface area contributed by atoms with Gasteiger partial charge in [-0.05, 0) is 12.8 Å². The van der Waals surface area contributed by atoms with E-state index in [2.05, 4.69) is 20.8 Å². The van der Waals surface area contributed by atoms with Crippen molar-refractivity contribution < 1.29 is 14.4 Å². The lowest BCUT2D eigenvalue weighted by Crippen LogP contribution is -2.42. The molecule has 74 valence electrons. The molecule has 0 aromatic rings. The lowest BCUT2D eigenvalue weighted by molar-refractivity contribution is -0.153. The molecule has 0 radical (unpaired) electrons. The summed E-state index contributed by atoms with van der Waals surface area (Å²) in [4.78, 5) is 28.0. The summed E-state index contributed by atoms with van der Waals surface area (Å²) in [6.07, 6.45) is 1.45. The highest BCUT2D eigenvalue weighted by molar-refractivity contribution is 9.09. The largest absolute Gasteiger partial charge is 0.372 e. The van der Waals surface area contributed by atoms with E-state index in [0.717, 1.165) is 6.42 Å². The van der Waals surface area contributed by atoms with E-state index in [1.165, 1.54) is 4.90 Å². The maximum Gasteiger partial charge on any atom is 0.347 e. The van der Waals surface area contributed by atoms with Crippen LogP contribution in [0.2, 0.25) is 0 Å². The molecule has 0 saturated carbocycles. The molecule has 0 bridgehead atoms. The summed E-state index contributed by atoms with van der Waals surface area (Å²) in [5, 5.41) is 0.224. The van der Waals surface area contributed by atoms with E-state index in [1.54, 1.807) is 0 Å². The molecule has 1 saturated heterocycles. The molecule has 1 rings (SSSR count). The number of hydrogen-bond donors (Lipinski definition) is 1. The third-order valence-corrected chi connectivity index (χ3v) is 2.56. The third-order valence-electron chi connectivity index (χ3n) is 2.08. The Morgan fingerprint density at radius 1 is 1.62 bits per heavy atom. The zero-order chi connectivity index (χ0) is 9.84. The summed E-state index contributed by atoms with van der Waals surface area (Å²) in [5.74, 6) is 4.12. The standard InChI is InChI=1S/C7H11BrN2O3/c8-4-6(11)10-3-1-2-5(10)7(12)13-9/h5H,1-4,9H2/t5-/m0/s1. The fourth-order valence-corrected chi connectivity index (χ4v) is 1.79. The Morgan fingerprint density at radius 2 is 2.31 bits per heavy atom. The highest BCUT2D eigenvalue weighted by Gasteiger charge is 2.34. The smallest absolute Gasteiger partial charge is 0.347 e. The van der Waals surface area contributed by atoms with Crippen molar-refractivity contribution in [2.24, 2.45) is 5.90 Å². The minimum atomic E-state index is -0.535. The van der Waals surface area contributed by atoms with Crippen LogP contribution in [-0.4, -0.2) is 34.7 Å². The van der Waals surface area contributed by atoms with Crippen LogP contribution in [0.25, 0.3) is 0 Å². The number of carbonyl (C=O) groups excluding carboxylic acids is 2. The predicted molar refractivity (Wildman–Crippen MR) is 48.8 cm³/mol. The van der Waals surface area contributed by atoms with Gasteiger partial charge < -0.3 is 9.74 Å². The number of nitrogens with two attached hydrogens (primary N) is 1. The fourth-order valence-electron chi connectivity index (χ4n) is 1.47. The number of amides is 1. The van der Waals surface area contributed by atoms with E-state index in [0.29, 0.717) is 13.0 Å². The molecule has 1 atom stereocenters. The summed E-state index contributed by atoms with van der Waals surface area (Å²) >= 11 is 3.05. The van der Waals surface area contributed by atoms with Crippen molar-refractivity contribution in [2.45, 2.75) is 18.9 Å². The number of alkyl halides is 1. The Bertz CT molecular complexity index is 200. The molecule has 2 N–H and O–H groups in total. The van der Waals surface area contributed by atoms with Crippen molar-refractivity contribution in [3.63, 3.8) is 0 Å². The van der Waals surface area contributed by atoms with Crippen LogP contribution < -0.4 is 5.90 Å². The first kappa shape index (κ1) is 10.5. The molecule has 6 heteroatoms. The Morgan fingerprint density at radius 3 is 2.85 bits per heavy atom. The third kappa shape index (κ3) is 2.19. The van der Waals surface area contributed by atoms with Gasteiger partial charge in [0.25, 0.3) is 0 Å². The normalized spacial score (nSPS) is 21.7. The fraction of sp³-hybridized carbons (Fsp3) is 0.714. The Balaban J connectivity index is 2.63. The quantitative estimate of drug-likeness (QED) is 0.544. The summed E-state index contributed by atoms with van der Waals surface area (Å²) < 4.78 is 0. The summed E-state index contributed by atoms with van der Waals surface area (Å²) in [7, 11) is 0. The molecule has 0 aromatic heterocycles. The zero-order valence-electron chi connectivity index (χ0n) is 7.03. The van der Waals surface area contributed by atoms with Crippen LogP contribution in [0.4, 0.5) is 0 Å². The van der Waals surface area contributed by atoms with Gasteiger partial charge in [-0.1, -0.05) is 15.9 Å². The average Bonchev–Trinajstić information content (AvgIpc) is 2.63. The van der Waals surface area contributed by atoms with Crippen molar-refractivity contribution in [3.05, 3.63) is 0 Å². The number of likely N-dealkylation sites (tertiary alicyclic amines) is 1. The van der Waals surface area contributed by atoms with Crippen LogP contribution in [-0.2, 0) is 14.4 Å². The summed E-state index contributed by atoms with van der Waals surface area (Å²) in [6.45, 7) is 0.601. The van der Waals surface area contributed by atoms with E-state index in [4.69, 9.17) is 5.90 Å². The number of carbonyl (C=O) groups is 2. The molecular weight excluding hydrogens is 240 g/mol. The van der Waals surface area contributed by atoms with Crippen molar-refractivity contribution in [1.82, 2.24) is 4.90 Å². The van der Waals surface area contributed by atoms with E-state index in [1.807, 2.05) is 0 Å². The molecule has 0 aliphatic carbocycles. The summed E-state index contributed by atoms with van der Waals surface area (Å²) in [6, 6.07) is -0.491. The van der Waals surface area contributed by atoms with Gasteiger partial charge >= 0.3 is 5.97 Å². The second-order valence-electron chi connectivity index (χ2n) is 2.82. The van der Waals surface area contributed by atoms with Gasteiger partial charge in [0, 0.05) is 6.54 Å². The SMILES string of the molecule is NOC(=O)[C@@H]1CCCN1C(=O)CBr. The van der Waals surface area contributed by atoms with Gasteiger partial charge in [0.05, 0.1) is 5.33 Å². The van der Waals surface area contributed by atoms with Crippen LogP contribution in [0.3, 0.4) is 0 Å². The highest BCUT2D eigenvalue weighted by Crippen LogP contribution is 2.18. The van der Waals surface area contributed by atoms with Crippen molar-refractivity contribution in [1.29, 1.82) is 0 Å². The first-order valence-corrected chi connectivity index (χ1v) is 5.09. The van der Waals surface area contributed by atoms with Crippen LogP contribution in [0, 0.1) is 0 Å². The second-order valence-corrected chi connectivity index (χ2v) is 3.38. The van der Waals surface area contributed by atoms with E-state index in [9.17, 15) is 9.59 Å². The van der Waals surface area contributed by atoms with Gasteiger partial charge in [0.1, 0.15) is 6.04 Å². The van der Waals surface area contributed by atoms with E-state index in [-0.39, 0.29) is 11.2 Å². The van der Waals surface area contributed by atoms with Gasteiger partial charge in [0.2, 0.25) is 5.91 Å². The monoisotopic (exact) mass is 250 g/mol. The molecule has 1 amide bonds. The van der Waals surface area contributed by atoms with Crippen LogP contribution in [0.1, 0.15) is 12.8 Å². The predicted octanol–water partition coefficient (Wildman–Crippen LogP) is -0.211. The molecule has 0 unspecified atom stereocenters. The first-order chi connectivity index (χ1) is 6.20. The Labute approximate surface area is 84.3 Å². The van der Waals surface area contributed by atoms with Crippen molar-refractivity contribution in [2.75, 3.05) is 11.9 Å². The molecule has 13 heavy (non-hydrogen) atoms. The van der Waals surface area contributed by atoms with Crippen LogP contribution in [0.15, 0.2) is 0 Å². The second kappa shape index (κ2) is 4.57. The average molecular weight is 251 g/mol. The topological polar surface area (TPSA) is 72.6 Å². The molecule has 1 aliphatic rings. The van der Waals surface area contributed by atoms with Crippen LogP contribution in [0.5, 0.6) is 0 Å². The van der Waals surface area contributed by atoms with Gasteiger partial charge in [-0.2, -0.15) is 5.90 Å². The number of halogens is 1. The minimum Gasteiger partial charge on any atom is -0.372 e. The van der Waals surface area contributed by atoms with Gasteiger partial charge in [-0.15, -0.1) is 0 Å². The van der Waals surface area contributed by atoms with Gasteiger partial charge in [-0.3, -0.25) is 4.79 Å². The molecule has 0 aromatic carbocycles. The maximum atomic E-state index is 11.3. The maximum absolute atomic E-state index is 11.3. The van der Waals surface area contributed by atoms with Gasteiger partial charge in [-0.25, -0.2) is 4.79 Å². The lowest BCUT2D eigenvalue weighted by Gasteiger charge is -2.20. The molecule has 0 spiro atoms. The minimum absolute atomic E-state index is 0.104. The number of hydrogen-bond acceptors (Lipinski definition) is 4. The molecule has 1 heterocycles. The van der Waals surface area contributed by atoms with Crippen LogP contribution >= 0.6 is 15.9 Å². The van der Waals surface area contributed by atoms with E-state index >= 15 is 0 Å². The Kier molecular flexibility index (Phi) is 3.68. The van der Waals surface area contributed by atoms with E-state index < -0.39 is 12.0 Å². The number of rotatable bonds is 2. The highest BCUT2D eigenvalue weighted by atomic mass is 79.9. The lowest BCUT2D eigenvalue weighted by atomic mass is 10.2. The molecule has 5 nitrogen and oxygen atoms in total. The number of nitrogens with zero attached hydrogens (tertiary/aromatic N) is 1. The summed E-state index contributed by atoms with van der Waals surface area (Å²) in [5.41, 5.74) is 0. The molecule has 1 aliphatic heterocycles. The zero-order valence-corrected chi connectivity index (χ0v) is 8.62. The molecule has 1 fully saturated rings.